The summed E-state index contributed by atoms with van der Waals surface area (Å²) in [5, 5.41) is 6.68. The van der Waals surface area contributed by atoms with Gasteiger partial charge in [-0.25, -0.2) is 13.1 Å². The van der Waals surface area contributed by atoms with Crippen LogP contribution in [0, 0.1) is 6.92 Å². The Balaban J connectivity index is 1.50. The van der Waals surface area contributed by atoms with E-state index in [2.05, 4.69) is 21.3 Å². The molecule has 168 valence electrons. The van der Waals surface area contributed by atoms with Crippen LogP contribution in [0.15, 0.2) is 45.1 Å². The molecule has 0 saturated carbocycles. The van der Waals surface area contributed by atoms with E-state index >= 15 is 0 Å². The van der Waals surface area contributed by atoms with Crippen LogP contribution in [0.4, 0.5) is 5.69 Å². The Morgan fingerprint density at radius 2 is 2.06 bits per heavy atom. The highest BCUT2D eigenvalue weighted by atomic mass is 32.2. The maximum atomic E-state index is 13.0. The third-order valence-corrected chi connectivity index (χ3v) is 8.42. The van der Waals surface area contributed by atoms with Gasteiger partial charge in [-0.1, -0.05) is 36.3 Å². The Bertz CT molecular complexity index is 1260. The molecule has 1 aliphatic rings. The van der Waals surface area contributed by atoms with Crippen molar-refractivity contribution in [3.8, 4) is 0 Å². The van der Waals surface area contributed by atoms with Crippen molar-refractivity contribution in [2.24, 2.45) is 0 Å². The van der Waals surface area contributed by atoms with Crippen molar-refractivity contribution in [1.29, 1.82) is 0 Å². The van der Waals surface area contributed by atoms with Crippen molar-refractivity contribution in [1.82, 2.24) is 9.88 Å². The number of thiophene rings is 1. The van der Waals surface area contributed by atoms with E-state index < -0.39 is 10.0 Å². The Labute approximate surface area is 191 Å². The topological polar surface area (TPSA) is 101 Å². The summed E-state index contributed by atoms with van der Waals surface area (Å²) in [6, 6.07) is 11.1. The minimum absolute atomic E-state index is 0.134. The first-order chi connectivity index (χ1) is 15.4. The molecular weight excluding hydrogens is 446 g/mol. The van der Waals surface area contributed by atoms with Crippen LogP contribution in [0.25, 0.3) is 12.2 Å². The molecule has 1 aromatic carbocycles. The highest BCUT2D eigenvalue weighted by molar-refractivity contribution is 7.91. The molecule has 32 heavy (non-hydrogen) atoms. The molecule has 1 atom stereocenters. The largest absolute Gasteiger partial charge is 0.354 e. The van der Waals surface area contributed by atoms with Crippen LogP contribution in [-0.2, 0) is 21.2 Å². The van der Waals surface area contributed by atoms with Crippen LogP contribution in [0.5, 0.6) is 0 Å². The van der Waals surface area contributed by atoms with Gasteiger partial charge in [0.15, 0.2) is 5.76 Å². The van der Waals surface area contributed by atoms with Crippen molar-refractivity contribution in [3.05, 3.63) is 63.9 Å². The maximum absolute atomic E-state index is 13.0. The smallest absolute Gasteiger partial charge is 0.250 e. The minimum atomic E-state index is -3.65. The van der Waals surface area contributed by atoms with Gasteiger partial charge in [-0.05, 0) is 61.6 Å². The molecule has 4 rings (SSSR count). The van der Waals surface area contributed by atoms with Crippen molar-refractivity contribution in [3.63, 3.8) is 0 Å². The second kappa shape index (κ2) is 9.40. The fourth-order valence-electron chi connectivity index (χ4n) is 3.73. The van der Waals surface area contributed by atoms with Crippen molar-refractivity contribution in [2.45, 2.75) is 49.8 Å². The fraction of sp³-hybridized carbons (Fsp3) is 0.304. The molecule has 1 unspecified atom stereocenters. The Morgan fingerprint density at radius 1 is 1.25 bits per heavy atom. The van der Waals surface area contributed by atoms with Crippen LogP contribution in [0.2, 0.25) is 0 Å². The lowest BCUT2D eigenvalue weighted by atomic mass is 9.88. The molecule has 0 bridgehead atoms. The maximum Gasteiger partial charge on any atom is 0.250 e. The molecule has 0 saturated heterocycles. The molecule has 1 aliphatic carbocycles. The number of anilines is 1. The van der Waals surface area contributed by atoms with E-state index in [1.807, 2.05) is 18.2 Å². The van der Waals surface area contributed by atoms with Gasteiger partial charge in [0, 0.05) is 17.3 Å². The molecule has 0 radical (unpaired) electrons. The van der Waals surface area contributed by atoms with Crippen LogP contribution < -0.4 is 10.0 Å². The van der Waals surface area contributed by atoms with Crippen molar-refractivity contribution in [2.75, 3.05) is 5.32 Å². The number of rotatable bonds is 7. The lowest BCUT2D eigenvalue weighted by molar-refractivity contribution is -0.115. The SMILES string of the molecule is CCC(=O)Nc1c(C)noc1/C=C/c1ccc(S(=O)(=O)NC2CCCc3ccccc32)s1. The molecule has 2 heterocycles. The molecule has 7 nitrogen and oxygen atoms in total. The zero-order valence-corrected chi connectivity index (χ0v) is 19.6. The van der Waals surface area contributed by atoms with Gasteiger partial charge in [0.05, 0.1) is 0 Å². The number of fused-ring (bicyclic) bond motifs is 1. The van der Waals surface area contributed by atoms with E-state index in [4.69, 9.17) is 4.52 Å². The average Bonchev–Trinajstić information content (AvgIpc) is 3.40. The number of carbonyl (C=O) groups is 1. The second-order valence-electron chi connectivity index (χ2n) is 7.66. The number of hydrogen-bond acceptors (Lipinski definition) is 6. The summed E-state index contributed by atoms with van der Waals surface area (Å²) in [5.74, 6) is 0.282. The van der Waals surface area contributed by atoms with Gasteiger partial charge in [0.1, 0.15) is 15.6 Å². The first-order valence-electron chi connectivity index (χ1n) is 10.5. The van der Waals surface area contributed by atoms with Crippen LogP contribution >= 0.6 is 11.3 Å². The van der Waals surface area contributed by atoms with E-state index in [1.165, 1.54) is 16.9 Å². The summed E-state index contributed by atoms with van der Waals surface area (Å²) >= 11 is 1.17. The highest BCUT2D eigenvalue weighted by Gasteiger charge is 2.26. The molecule has 9 heteroatoms. The fourth-order valence-corrected chi connectivity index (χ4v) is 6.22. The van der Waals surface area contributed by atoms with Crippen LogP contribution in [-0.4, -0.2) is 19.5 Å². The Morgan fingerprint density at radius 3 is 2.88 bits per heavy atom. The number of benzene rings is 1. The highest BCUT2D eigenvalue weighted by Crippen LogP contribution is 2.32. The molecule has 0 aliphatic heterocycles. The second-order valence-corrected chi connectivity index (χ2v) is 10.7. The van der Waals surface area contributed by atoms with E-state index in [0.717, 1.165) is 29.7 Å². The Hall–Kier alpha value is -2.75. The number of aromatic nitrogens is 1. The number of hydrogen-bond donors (Lipinski definition) is 2. The zero-order chi connectivity index (χ0) is 22.7. The predicted molar refractivity (Wildman–Crippen MR) is 126 cm³/mol. The first-order valence-corrected chi connectivity index (χ1v) is 12.8. The van der Waals surface area contributed by atoms with Gasteiger partial charge in [0.2, 0.25) is 5.91 Å². The van der Waals surface area contributed by atoms with Gasteiger partial charge in [-0.3, -0.25) is 4.79 Å². The summed E-state index contributed by atoms with van der Waals surface area (Å²) in [6.07, 6.45) is 6.49. The van der Waals surface area contributed by atoms with Gasteiger partial charge in [-0.2, -0.15) is 0 Å². The number of nitrogens with zero attached hydrogens (tertiary/aromatic N) is 1. The standard InChI is InChI=1S/C23H25N3O4S2/c1-3-21(27)24-23-15(2)25-30-20(23)13-11-17-12-14-22(31-17)32(28,29)26-19-10-6-8-16-7-4-5-9-18(16)19/h4-5,7,9,11-14,19,26H,3,6,8,10H2,1-2H3,(H,24,27)/b13-11+. The van der Waals surface area contributed by atoms with Gasteiger partial charge >= 0.3 is 0 Å². The molecule has 0 fully saturated rings. The van der Waals surface area contributed by atoms with Gasteiger partial charge < -0.3 is 9.84 Å². The normalized spacial score (nSPS) is 16.2. The summed E-state index contributed by atoms with van der Waals surface area (Å²) in [6.45, 7) is 3.51. The van der Waals surface area contributed by atoms with E-state index in [1.54, 1.807) is 38.1 Å². The lowest BCUT2D eigenvalue weighted by Crippen LogP contribution is -2.30. The molecule has 0 spiro atoms. The molecule has 1 amide bonds. The molecule has 2 aromatic heterocycles. The number of amides is 1. The van der Waals surface area contributed by atoms with Crippen molar-refractivity contribution < 1.29 is 17.7 Å². The van der Waals surface area contributed by atoms with Crippen LogP contribution in [0.1, 0.15) is 59.7 Å². The summed E-state index contributed by atoms with van der Waals surface area (Å²) in [7, 11) is -3.65. The monoisotopic (exact) mass is 471 g/mol. The van der Waals surface area contributed by atoms with Gasteiger partial charge in [0.25, 0.3) is 10.0 Å². The quantitative estimate of drug-likeness (QED) is 0.509. The molecule has 2 N–H and O–H groups in total. The first kappa shape index (κ1) is 22.4. The Kier molecular flexibility index (Phi) is 6.59. The summed E-state index contributed by atoms with van der Waals surface area (Å²) in [5.41, 5.74) is 3.36. The molecule has 3 aromatic rings. The number of nitrogens with one attached hydrogen (secondary N) is 2. The minimum Gasteiger partial charge on any atom is -0.354 e. The lowest BCUT2D eigenvalue weighted by Gasteiger charge is -2.25. The van der Waals surface area contributed by atoms with Crippen LogP contribution in [0.3, 0.4) is 0 Å². The number of aryl methyl sites for hydroxylation is 2. The summed E-state index contributed by atoms with van der Waals surface area (Å²) < 4.78 is 34.4. The van der Waals surface area contributed by atoms with E-state index in [0.29, 0.717) is 23.6 Å². The van der Waals surface area contributed by atoms with E-state index in [-0.39, 0.29) is 16.2 Å². The van der Waals surface area contributed by atoms with Crippen molar-refractivity contribution >= 4 is 45.1 Å². The third-order valence-electron chi connectivity index (χ3n) is 5.41. The number of carbonyl (C=O) groups excluding carboxylic acids is 1. The molecular formula is C23H25N3O4S2. The van der Waals surface area contributed by atoms with E-state index in [9.17, 15) is 13.2 Å². The summed E-state index contributed by atoms with van der Waals surface area (Å²) in [4.78, 5) is 12.5. The van der Waals surface area contributed by atoms with Gasteiger partial charge in [-0.15, -0.1) is 11.3 Å². The predicted octanol–water partition coefficient (Wildman–Crippen LogP) is 4.92. The average molecular weight is 472 g/mol. The zero-order valence-electron chi connectivity index (χ0n) is 17.9. The number of sulfonamides is 1. The third kappa shape index (κ3) is 4.85.